The number of aliphatic carboxylic acids is 1. The Bertz CT molecular complexity index is 579. The van der Waals surface area contributed by atoms with E-state index in [9.17, 15) is 9.90 Å². The summed E-state index contributed by atoms with van der Waals surface area (Å²) < 4.78 is 5.01. The molecule has 0 aliphatic rings. The zero-order valence-electron chi connectivity index (χ0n) is 9.58. The number of para-hydroxylation sites is 1. The average Bonchev–Trinajstić information content (AvgIpc) is 2.76. The second-order valence-electron chi connectivity index (χ2n) is 3.57. The fourth-order valence-corrected chi connectivity index (χ4v) is 2.37. The molecule has 1 aromatic heterocycles. The van der Waals surface area contributed by atoms with Crippen LogP contribution in [0.2, 0.25) is 0 Å². The lowest BCUT2D eigenvalue weighted by Crippen LogP contribution is -1.99. The number of hydrogen-bond donors (Lipinski definition) is 2. The normalized spacial score (nSPS) is 10.3. The van der Waals surface area contributed by atoms with Crippen molar-refractivity contribution < 1.29 is 19.7 Å². The van der Waals surface area contributed by atoms with Gasteiger partial charge in [0.15, 0.2) is 11.5 Å². The van der Waals surface area contributed by atoms with E-state index in [-0.39, 0.29) is 12.2 Å². The van der Waals surface area contributed by atoms with Gasteiger partial charge in [-0.15, -0.1) is 11.3 Å². The van der Waals surface area contributed by atoms with Crippen molar-refractivity contribution in [2.24, 2.45) is 0 Å². The molecule has 0 unspecified atom stereocenters. The van der Waals surface area contributed by atoms with Gasteiger partial charge in [0.1, 0.15) is 5.01 Å². The van der Waals surface area contributed by atoms with Crippen LogP contribution in [0.4, 0.5) is 0 Å². The Morgan fingerprint density at radius 3 is 2.94 bits per heavy atom. The minimum atomic E-state index is -0.929. The fraction of sp³-hybridized carbons (Fsp3) is 0.167. The first-order valence-electron chi connectivity index (χ1n) is 5.14. The molecule has 2 aromatic rings. The van der Waals surface area contributed by atoms with E-state index in [2.05, 4.69) is 4.98 Å². The molecule has 0 aliphatic heterocycles. The highest BCUT2D eigenvalue weighted by Gasteiger charge is 2.13. The van der Waals surface area contributed by atoms with Crippen LogP contribution in [0, 0.1) is 0 Å². The van der Waals surface area contributed by atoms with Gasteiger partial charge in [0.05, 0.1) is 24.8 Å². The molecule has 0 radical (unpaired) electrons. The summed E-state index contributed by atoms with van der Waals surface area (Å²) in [4.78, 5) is 14.8. The molecule has 0 bridgehead atoms. The number of nitrogens with zero attached hydrogens (tertiary/aromatic N) is 1. The van der Waals surface area contributed by atoms with Crippen molar-refractivity contribution in [3.05, 3.63) is 29.3 Å². The first kappa shape index (κ1) is 12.4. The van der Waals surface area contributed by atoms with E-state index in [1.807, 2.05) is 0 Å². The van der Waals surface area contributed by atoms with Crippen molar-refractivity contribution in [3.63, 3.8) is 0 Å². The van der Waals surface area contributed by atoms with Crippen LogP contribution in [-0.4, -0.2) is 28.3 Å². The lowest BCUT2D eigenvalue weighted by Gasteiger charge is -2.06. The van der Waals surface area contributed by atoms with Crippen molar-refractivity contribution in [1.29, 1.82) is 0 Å². The molecular weight excluding hydrogens is 254 g/mol. The van der Waals surface area contributed by atoms with Crippen molar-refractivity contribution in [3.8, 4) is 22.1 Å². The van der Waals surface area contributed by atoms with Gasteiger partial charge in [0, 0.05) is 5.38 Å². The van der Waals surface area contributed by atoms with E-state index in [0.717, 1.165) is 0 Å². The molecule has 0 aliphatic carbocycles. The van der Waals surface area contributed by atoms with Crippen LogP contribution < -0.4 is 4.74 Å². The molecule has 0 amide bonds. The summed E-state index contributed by atoms with van der Waals surface area (Å²) in [6, 6.07) is 5.10. The summed E-state index contributed by atoms with van der Waals surface area (Å²) >= 11 is 1.29. The molecule has 94 valence electrons. The Hall–Kier alpha value is -2.08. The summed E-state index contributed by atoms with van der Waals surface area (Å²) in [5.74, 6) is -0.555. The fourth-order valence-electron chi connectivity index (χ4n) is 1.53. The van der Waals surface area contributed by atoms with Crippen LogP contribution in [0.3, 0.4) is 0 Å². The molecule has 1 heterocycles. The summed E-state index contributed by atoms with van der Waals surface area (Å²) in [5.41, 5.74) is 1.01. The van der Waals surface area contributed by atoms with Crippen molar-refractivity contribution >= 4 is 17.3 Å². The van der Waals surface area contributed by atoms with E-state index in [0.29, 0.717) is 22.0 Å². The number of carboxylic acid groups (broad SMARTS) is 1. The molecule has 5 nitrogen and oxygen atoms in total. The average molecular weight is 265 g/mol. The zero-order valence-corrected chi connectivity index (χ0v) is 10.4. The molecule has 0 spiro atoms. The van der Waals surface area contributed by atoms with E-state index in [1.54, 1.807) is 23.6 Å². The number of methoxy groups -OCH3 is 1. The predicted molar refractivity (Wildman–Crippen MR) is 67.1 cm³/mol. The molecule has 0 atom stereocenters. The van der Waals surface area contributed by atoms with Crippen molar-refractivity contribution in [1.82, 2.24) is 4.98 Å². The number of benzene rings is 1. The standard InChI is InChI=1S/C12H11NO4S/c1-17-9-4-2-3-8(11(9)16)12-13-7(6-18-12)5-10(14)15/h2-4,6,16H,5H2,1H3,(H,14,15). The number of hydrogen-bond acceptors (Lipinski definition) is 5. The minimum absolute atomic E-state index is 0.0104. The first-order valence-corrected chi connectivity index (χ1v) is 6.02. The minimum Gasteiger partial charge on any atom is -0.504 e. The Morgan fingerprint density at radius 2 is 2.28 bits per heavy atom. The van der Waals surface area contributed by atoms with Gasteiger partial charge in [-0.05, 0) is 12.1 Å². The van der Waals surface area contributed by atoms with Crippen LogP contribution in [0.25, 0.3) is 10.6 Å². The lowest BCUT2D eigenvalue weighted by atomic mass is 10.2. The third kappa shape index (κ3) is 2.43. The van der Waals surface area contributed by atoms with E-state index >= 15 is 0 Å². The highest BCUT2D eigenvalue weighted by molar-refractivity contribution is 7.13. The number of ether oxygens (including phenoxy) is 1. The van der Waals surface area contributed by atoms with Crippen LogP contribution in [0.1, 0.15) is 5.69 Å². The summed E-state index contributed by atoms with van der Waals surface area (Å²) in [5, 5.41) is 20.9. The Kier molecular flexibility index (Phi) is 3.47. The van der Waals surface area contributed by atoms with Crippen molar-refractivity contribution in [2.45, 2.75) is 6.42 Å². The maximum absolute atomic E-state index is 10.6. The van der Waals surface area contributed by atoms with Crippen molar-refractivity contribution in [2.75, 3.05) is 7.11 Å². The molecule has 18 heavy (non-hydrogen) atoms. The summed E-state index contributed by atoms with van der Waals surface area (Å²) in [6.07, 6.45) is -0.124. The number of carbonyl (C=O) groups is 1. The second-order valence-corrected chi connectivity index (χ2v) is 4.43. The van der Waals surface area contributed by atoms with Crippen LogP contribution in [0.5, 0.6) is 11.5 Å². The molecule has 2 N–H and O–H groups in total. The molecule has 0 saturated heterocycles. The lowest BCUT2D eigenvalue weighted by molar-refractivity contribution is -0.136. The Labute approximate surface area is 107 Å². The molecule has 1 aromatic carbocycles. The predicted octanol–water partition coefficient (Wildman–Crippen LogP) is 2.15. The molecule has 0 fully saturated rings. The van der Waals surface area contributed by atoms with Crippen LogP contribution in [-0.2, 0) is 11.2 Å². The van der Waals surface area contributed by atoms with Gasteiger partial charge in [-0.25, -0.2) is 4.98 Å². The number of carboxylic acids is 1. The van der Waals surface area contributed by atoms with E-state index in [4.69, 9.17) is 9.84 Å². The summed E-state index contributed by atoms with van der Waals surface area (Å²) in [6.45, 7) is 0. The number of phenols is 1. The molecule has 0 saturated carbocycles. The maximum Gasteiger partial charge on any atom is 0.309 e. The molecular formula is C12H11NO4S. The van der Waals surface area contributed by atoms with Gasteiger partial charge in [-0.3, -0.25) is 4.79 Å². The molecule has 6 heteroatoms. The monoisotopic (exact) mass is 265 g/mol. The van der Waals surface area contributed by atoms with Crippen LogP contribution >= 0.6 is 11.3 Å². The highest BCUT2D eigenvalue weighted by atomic mass is 32.1. The third-order valence-corrected chi connectivity index (χ3v) is 3.26. The second kappa shape index (κ2) is 5.05. The highest BCUT2D eigenvalue weighted by Crippen LogP contribution is 2.37. The number of aromatic nitrogens is 1. The van der Waals surface area contributed by atoms with Gasteiger partial charge in [0.2, 0.25) is 0 Å². The maximum atomic E-state index is 10.6. The topological polar surface area (TPSA) is 79.7 Å². The quantitative estimate of drug-likeness (QED) is 0.885. The van der Waals surface area contributed by atoms with Gasteiger partial charge < -0.3 is 14.9 Å². The van der Waals surface area contributed by atoms with Gasteiger partial charge >= 0.3 is 5.97 Å². The van der Waals surface area contributed by atoms with E-state index in [1.165, 1.54) is 18.4 Å². The number of rotatable bonds is 4. The van der Waals surface area contributed by atoms with Gasteiger partial charge in [-0.1, -0.05) is 6.07 Å². The number of aromatic hydroxyl groups is 1. The Balaban J connectivity index is 2.37. The smallest absolute Gasteiger partial charge is 0.309 e. The number of thiazole rings is 1. The SMILES string of the molecule is COc1cccc(-c2nc(CC(=O)O)cs2)c1O. The van der Waals surface area contributed by atoms with Gasteiger partial charge in [-0.2, -0.15) is 0 Å². The van der Waals surface area contributed by atoms with E-state index < -0.39 is 5.97 Å². The largest absolute Gasteiger partial charge is 0.504 e. The first-order chi connectivity index (χ1) is 8.61. The zero-order chi connectivity index (χ0) is 13.1. The number of phenolic OH excluding ortho intramolecular Hbond substituents is 1. The van der Waals surface area contributed by atoms with Crippen LogP contribution in [0.15, 0.2) is 23.6 Å². The molecule has 2 rings (SSSR count). The summed E-state index contributed by atoms with van der Waals surface area (Å²) in [7, 11) is 1.47. The Morgan fingerprint density at radius 1 is 1.50 bits per heavy atom. The third-order valence-electron chi connectivity index (χ3n) is 2.33. The van der Waals surface area contributed by atoms with Gasteiger partial charge in [0.25, 0.3) is 0 Å².